The SMILES string of the molecule is CC[C@H](C(=O)NC(C)C)N(Cc1cccc(OC)c1)C(=O)COc1ccc(Cl)cc1Br. The van der Waals surface area contributed by atoms with Crippen LogP contribution in [0.3, 0.4) is 0 Å². The fourth-order valence-electron chi connectivity index (χ4n) is 3.08. The normalized spacial score (nSPS) is 11.7. The second kappa shape index (κ2) is 12.0. The second-order valence-electron chi connectivity index (χ2n) is 7.32. The van der Waals surface area contributed by atoms with Crippen LogP contribution < -0.4 is 14.8 Å². The zero-order valence-electron chi connectivity index (χ0n) is 18.2. The first-order valence-corrected chi connectivity index (χ1v) is 11.2. The van der Waals surface area contributed by atoms with E-state index in [1.165, 1.54) is 0 Å². The predicted octanol–water partition coefficient (Wildman–Crippen LogP) is 4.82. The van der Waals surface area contributed by atoms with Crippen LogP contribution in [0.15, 0.2) is 46.9 Å². The summed E-state index contributed by atoms with van der Waals surface area (Å²) in [6.45, 7) is 5.70. The molecule has 2 rings (SSSR count). The van der Waals surface area contributed by atoms with Crippen molar-refractivity contribution >= 4 is 39.3 Å². The molecule has 0 bridgehead atoms. The molecule has 168 valence electrons. The molecule has 2 aromatic carbocycles. The van der Waals surface area contributed by atoms with Crippen molar-refractivity contribution in [1.82, 2.24) is 10.2 Å². The van der Waals surface area contributed by atoms with Gasteiger partial charge in [-0.25, -0.2) is 0 Å². The Morgan fingerprint density at radius 1 is 1.19 bits per heavy atom. The van der Waals surface area contributed by atoms with Gasteiger partial charge >= 0.3 is 0 Å². The third-order valence-corrected chi connectivity index (χ3v) is 5.40. The van der Waals surface area contributed by atoms with Gasteiger partial charge in [0.05, 0.1) is 11.6 Å². The van der Waals surface area contributed by atoms with Crippen LogP contribution >= 0.6 is 27.5 Å². The van der Waals surface area contributed by atoms with Crippen molar-refractivity contribution in [1.29, 1.82) is 0 Å². The maximum Gasteiger partial charge on any atom is 0.261 e. The minimum Gasteiger partial charge on any atom is -0.497 e. The van der Waals surface area contributed by atoms with Gasteiger partial charge < -0.3 is 19.7 Å². The Labute approximate surface area is 197 Å². The third-order valence-electron chi connectivity index (χ3n) is 4.55. The summed E-state index contributed by atoms with van der Waals surface area (Å²) in [7, 11) is 1.59. The number of hydrogen-bond acceptors (Lipinski definition) is 4. The summed E-state index contributed by atoms with van der Waals surface area (Å²) in [6.07, 6.45) is 0.471. The molecule has 0 radical (unpaired) electrons. The van der Waals surface area contributed by atoms with Gasteiger partial charge in [0.15, 0.2) is 6.61 Å². The summed E-state index contributed by atoms with van der Waals surface area (Å²) in [5, 5.41) is 3.46. The van der Waals surface area contributed by atoms with E-state index in [4.69, 9.17) is 21.1 Å². The van der Waals surface area contributed by atoms with E-state index in [0.29, 0.717) is 27.4 Å². The third kappa shape index (κ3) is 7.43. The second-order valence-corrected chi connectivity index (χ2v) is 8.61. The van der Waals surface area contributed by atoms with Crippen LogP contribution in [0.4, 0.5) is 0 Å². The quantitative estimate of drug-likeness (QED) is 0.496. The summed E-state index contributed by atoms with van der Waals surface area (Å²) in [5.74, 6) is 0.696. The van der Waals surface area contributed by atoms with Gasteiger partial charge in [0.1, 0.15) is 17.5 Å². The highest BCUT2D eigenvalue weighted by Gasteiger charge is 2.29. The lowest BCUT2D eigenvalue weighted by Gasteiger charge is -2.31. The van der Waals surface area contributed by atoms with Crippen LogP contribution in [-0.2, 0) is 16.1 Å². The van der Waals surface area contributed by atoms with Gasteiger partial charge in [0.2, 0.25) is 5.91 Å². The van der Waals surface area contributed by atoms with Crippen LogP contribution in [0.1, 0.15) is 32.8 Å². The lowest BCUT2D eigenvalue weighted by molar-refractivity contribution is -0.143. The van der Waals surface area contributed by atoms with Gasteiger partial charge in [0, 0.05) is 17.6 Å². The molecule has 0 aromatic heterocycles. The minimum atomic E-state index is -0.627. The number of nitrogens with one attached hydrogen (secondary N) is 1. The molecule has 31 heavy (non-hydrogen) atoms. The van der Waals surface area contributed by atoms with Crippen LogP contribution in [-0.4, -0.2) is 42.5 Å². The van der Waals surface area contributed by atoms with E-state index in [1.54, 1.807) is 30.2 Å². The van der Waals surface area contributed by atoms with Crippen molar-refractivity contribution in [2.24, 2.45) is 0 Å². The number of halogens is 2. The minimum absolute atomic E-state index is 0.0309. The smallest absolute Gasteiger partial charge is 0.261 e. The Hall–Kier alpha value is -2.25. The predicted molar refractivity (Wildman–Crippen MR) is 126 cm³/mol. The van der Waals surface area contributed by atoms with Crippen molar-refractivity contribution in [2.75, 3.05) is 13.7 Å². The highest BCUT2D eigenvalue weighted by molar-refractivity contribution is 9.10. The number of methoxy groups -OCH3 is 1. The van der Waals surface area contributed by atoms with Gasteiger partial charge in [-0.2, -0.15) is 0 Å². The average molecular weight is 512 g/mol. The van der Waals surface area contributed by atoms with E-state index >= 15 is 0 Å². The molecule has 0 spiro atoms. The van der Waals surface area contributed by atoms with Gasteiger partial charge in [-0.1, -0.05) is 30.7 Å². The number of benzene rings is 2. The Balaban J connectivity index is 2.25. The lowest BCUT2D eigenvalue weighted by Crippen LogP contribution is -2.51. The molecule has 0 aliphatic carbocycles. The summed E-state index contributed by atoms with van der Waals surface area (Å²) >= 11 is 9.35. The van der Waals surface area contributed by atoms with E-state index in [0.717, 1.165) is 5.56 Å². The monoisotopic (exact) mass is 510 g/mol. The first-order valence-electron chi connectivity index (χ1n) is 10.1. The molecule has 8 heteroatoms. The summed E-state index contributed by atoms with van der Waals surface area (Å²) in [6, 6.07) is 11.8. The number of hydrogen-bond donors (Lipinski definition) is 1. The molecule has 2 amide bonds. The summed E-state index contributed by atoms with van der Waals surface area (Å²) in [5.41, 5.74) is 0.858. The zero-order valence-corrected chi connectivity index (χ0v) is 20.5. The van der Waals surface area contributed by atoms with Crippen LogP contribution in [0.5, 0.6) is 11.5 Å². The number of carbonyl (C=O) groups excluding carboxylic acids is 2. The summed E-state index contributed by atoms with van der Waals surface area (Å²) in [4.78, 5) is 27.6. The lowest BCUT2D eigenvalue weighted by atomic mass is 10.1. The first kappa shape index (κ1) is 25.0. The van der Waals surface area contributed by atoms with E-state index in [-0.39, 0.29) is 31.0 Å². The molecule has 2 aromatic rings. The van der Waals surface area contributed by atoms with Crippen LogP contribution in [0.25, 0.3) is 0 Å². The zero-order chi connectivity index (χ0) is 23.0. The van der Waals surface area contributed by atoms with Crippen molar-refractivity contribution in [2.45, 2.75) is 45.8 Å². The standard InChI is InChI=1S/C23H28BrClN2O4/c1-5-20(23(29)26-15(2)3)27(13-16-7-6-8-18(11-16)30-4)22(28)14-31-21-10-9-17(25)12-19(21)24/h6-12,15,20H,5,13-14H2,1-4H3,(H,26,29)/t20-/m1/s1. The van der Waals surface area contributed by atoms with E-state index in [2.05, 4.69) is 21.2 Å². The van der Waals surface area contributed by atoms with Crippen molar-refractivity contribution in [3.63, 3.8) is 0 Å². The Morgan fingerprint density at radius 2 is 1.94 bits per heavy atom. The highest BCUT2D eigenvalue weighted by atomic mass is 79.9. The topological polar surface area (TPSA) is 67.9 Å². The van der Waals surface area contributed by atoms with Crippen molar-refractivity contribution in [3.8, 4) is 11.5 Å². The fourth-order valence-corrected chi connectivity index (χ4v) is 3.88. The number of amides is 2. The molecule has 0 fully saturated rings. The first-order chi connectivity index (χ1) is 14.7. The molecule has 1 N–H and O–H groups in total. The Kier molecular flexibility index (Phi) is 9.65. The maximum atomic E-state index is 13.2. The molecule has 0 saturated carbocycles. The fraction of sp³-hybridized carbons (Fsp3) is 0.391. The molecular formula is C23H28BrClN2O4. The molecule has 0 aliphatic rings. The molecule has 0 heterocycles. The van der Waals surface area contributed by atoms with Crippen molar-refractivity contribution < 1.29 is 19.1 Å². The number of carbonyl (C=O) groups is 2. The van der Waals surface area contributed by atoms with E-state index in [9.17, 15) is 9.59 Å². The number of rotatable bonds is 10. The largest absolute Gasteiger partial charge is 0.497 e. The molecular weight excluding hydrogens is 484 g/mol. The van der Waals surface area contributed by atoms with Gasteiger partial charge in [-0.15, -0.1) is 0 Å². The average Bonchev–Trinajstić information content (AvgIpc) is 2.72. The molecule has 1 atom stereocenters. The Morgan fingerprint density at radius 3 is 2.55 bits per heavy atom. The van der Waals surface area contributed by atoms with E-state index in [1.807, 2.05) is 45.0 Å². The summed E-state index contributed by atoms with van der Waals surface area (Å²) < 4.78 is 11.7. The molecule has 6 nitrogen and oxygen atoms in total. The number of ether oxygens (including phenoxy) is 2. The number of nitrogens with zero attached hydrogens (tertiary/aromatic N) is 1. The molecule has 0 unspecified atom stereocenters. The van der Waals surface area contributed by atoms with E-state index < -0.39 is 6.04 Å². The molecule has 0 aliphatic heterocycles. The molecule has 0 saturated heterocycles. The van der Waals surface area contributed by atoms with Gasteiger partial charge in [-0.05, 0) is 72.1 Å². The van der Waals surface area contributed by atoms with Crippen LogP contribution in [0.2, 0.25) is 5.02 Å². The maximum absolute atomic E-state index is 13.2. The Bertz CT molecular complexity index is 907. The highest BCUT2D eigenvalue weighted by Crippen LogP contribution is 2.28. The van der Waals surface area contributed by atoms with Gasteiger partial charge in [0.25, 0.3) is 5.91 Å². The van der Waals surface area contributed by atoms with Crippen LogP contribution in [0, 0.1) is 0 Å². The van der Waals surface area contributed by atoms with Gasteiger partial charge in [-0.3, -0.25) is 9.59 Å². The van der Waals surface area contributed by atoms with Crippen molar-refractivity contribution in [3.05, 3.63) is 57.5 Å².